The number of carbonyl (C=O) groups is 2. The maximum absolute atomic E-state index is 12.7. The third-order valence-electron chi connectivity index (χ3n) is 5.36. The molecule has 4 nitrogen and oxygen atoms in total. The van der Waals surface area contributed by atoms with Crippen molar-refractivity contribution in [2.24, 2.45) is 5.92 Å². The monoisotopic (exact) mass is 384 g/mol. The van der Waals surface area contributed by atoms with Crippen molar-refractivity contribution in [2.75, 3.05) is 18.4 Å². The van der Waals surface area contributed by atoms with Crippen molar-refractivity contribution in [3.63, 3.8) is 0 Å². The van der Waals surface area contributed by atoms with Crippen molar-refractivity contribution < 1.29 is 9.59 Å². The highest BCUT2D eigenvalue weighted by Gasteiger charge is 2.28. The Morgan fingerprint density at radius 3 is 2.30 bits per heavy atom. The van der Waals surface area contributed by atoms with Crippen LogP contribution in [0.1, 0.15) is 39.9 Å². The summed E-state index contributed by atoms with van der Waals surface area (Å²) in [6.07, 6.45) is 1.34. The van der Waals surface area contributed by atoms with Gasteiger partial charge in [0.15, 0.2) is 0 Å². The number of likely N-dealkylation sites (tertiary alicyclic amines) is 1. The third kappa shape index (κ3) is 4.51. The molecular formula is C22H25ClN2O2. The summed E-state index contributed by atoms with van der Waals surface area (Å²) in [4.78, 5) is 27.2. The van der Waals surface area contributed by atoms with Crippen LogP contribution in [-0.2, 0) is 4.79 Å². The SMILES string of the molecule is Cc1ccc(C(=O)N2CCC(C(=O)Nc3cc(Cl)ccc3C)CC2)cc1C. The van der Waals surface area contributed by atoms with Crippen LogP contribution in [0.5, 0.6) is 0 Å². The zero-order chi connectivity index (χ0) is 19.6. The number of piperidine rings is 1. The maximum atomic E-state index is 12.7. The van der Waals surface area contributed by atoms with Crippen LogP contribution in [0, 0.1) is 26.7 Å². The quantitative estimate of drug-likeness (QED) is 0.829. The van der Waals surface area contributed by atoms with Gasteiger partial charge in [-0.15, -0.1) is 0 Å². The molecule has 2 amide bonds. The van der Waals surface area contributed by atoms with E-state index in [1.54, 1.807) is 6.07 Å². The van der Waals surface area contributed by atoms with Gasteiger partial charge in [-0.05, 0) is 74.6 Å². The molecule has 0 saturated carbocycles. The second kappa shape index (κ2) is 8.13. The molecule has 0 aromatic heterocycles. The van der Waals surface area contributed by atoms with Gasteiger partial charge in [0.25, 0.3) is 5.91 Å². The summed E-state index contributed by atoms with van der Waals surface area (Å²) in [5.41, 5.74) is 4.75. The predicted molar refractivity (Wildman–Crippen MR) is 109 cm³/mol. The predicted octanol–water partition coefficient (Wildman–Crippen LogP) is 4.76. The van der Waals surface area contributed by atoms with E-state index in [0.29, 0.717) is 31.0 Å². The van der Waals surface area contributed by atoms with Gasteiger partial charge in [-0.2, -0.15) is 0 Å². The summed E-state index contributed by atoms with van der Waals surface area (Å²) < 4.78 is 0. The summed E-state index contributed by atoms with van der Waals surface area (Å²) >= 11 is 6.02. The molecule has 27 heavy (non-hydrogen) atoms. The third-order valence-corrected chi connectivity index (χ3v) is 5.60. The van der Waals surface area contributed by atoms with Crippen LogP contribution in [0.25, 0.3) is 0 Å². The lowest BCUT2D eigenvalue weighted by Gasteiger charge is -2.31. The van der Waals surface area contributed by atoms with Crippen molar-refractivity contribution >= 4 is 29.1 Å². The van der Waals surface area contributed by atoms with Crippen LogP contribution in [0.2, 0.25) is 5.02 Å². The van der Waals surface area contributed by atoms with E-state index in [0.717, 1.165) is 22.4 Å². The Kier molecular flexibility index (Phi) is 5.85. The fraction of sp³-hybridized carbons (Fsp3) is 0.364. The standard InChI is InChI=1S/C22H25ClN2O2/c1-14-4-6-18(12-16(14)3)22(27)25-10-8-17(9-11-25)21(26)24-20-13-19(23)7-5-15(20)2/h4-7,12-13,17H,8-11H2,1-3H3,(H,24,26). The highest BCUT2D eigenvalue weighted by atomic mass is 35.5. The first-order chi connectivity index (χ1) is 12.8. The van der Waals surface area contributed by atoms with Crippen molar-refractivity contribution in [2.45, 2.75) is 33.6 Å². The van der Waals surface area contributed by atoms with Gasteiger partial charge in [-0.3, -0.25) is 9.59 Å². The molecule has 0 spiro atoms. The molecule has 1 aliphatic heterocycles. The molecule has 1 aliphatic rings. The minimum Gasteiger partial charge on any atom is -0.339 e. The van der Waals surface area contributed by atoms with Gasteiger partial charge in [0.1, 0.15) is 0 Å². The van der Waals surface area contributed by atoms with E-state index in [2.05, 4.69) is 5.32 Å². The van der Waals surface area contributed by atoms with Crippen molar-refractivity contribution in [3.8, 4) is 0 Å². The molecule has 2 aromatic carbocycles. The molecule has 0 aliphatic carbocycles. The summed E-state index contributed by atoms with van der Waals surface area (Å²) in [7, 11) is 0. The molecule has 5 heteroatoms. The summed E-state index contributed by atoms with van der Waals surface area (Å²) in [6.45, 7) is 7.18. The molecule has 0 bridgehead atoms. The van der Waals surface area contributed by atoms with Crippen LogP contribution < -0.4 is 5.32 Å². The van der Waals surface area contributed by atoms with E-state index in [1.807, 2.05) is 56.0 Å². The number of carbonyl (C=O) groups excluding carboxylic acids is 2. The topological polar surface area (TPSA) is 49.4 Å². The fourth-order valence-electron chi connectivity index (χ4n) is 3.37. The van der Waals surface area contributed by atoms with Crippen LogP contribution in [0.4, 0.5) is 5.69 Å². The Labute approximate surface area is 165 Å². The summed E-state index contributed by atoms with van der Waals surface area (Å²) in [5.74, 6) is -0.0477. The van der Waals surface area contributed by atoms with Crippen LogP contribution in [0.15, 0.2) is 36.4 Å². The Hall–Kier alpha value is -2.33. The van der Waals surface area contributed by atoms with Crippen molar-refractivity contribution in [1.29, 1.82) is 0 Å². The smallest absolute Gasteiger partial charge is 0.253 e. The molecule has 1 saturated heterocycles. The molecule has 1 heterocycles. The Bertz CT molecular complexity index is 871. The number of amides is 2. The summed E-state index contributed by atoms with van der Waals surface area (Å²) in [6, 6.07) is 11.3. The molecule has 1 N–H and O–H groups in total. The van der Waals surface area contributed by atoms with E-state index in [9.17, 15) is 9.59 Å². The minimum absolute atomic E-state index is 0.00125. The molecular weight excluding hydrogens is 360 g/mol. The highest BCUT2D eigenvalue weighted by Crippen LogP contribution is 2.24. The van der Waals surface area contributed by atoms with Gasteiger partial charge < -0.3 is 10.2 Å². The second-order valence-corrected chi connectivity index (χ2v) is 7.75. The van der Waals surface area contributed by atoms with Crippen LogP contribution in [0.3, 0.4) is 0 Å². The Morgan fingerprint density at radius 2 is 1.63 bits per heavy atom. The maximum Gasteiger partial charge on any atom is 0.253 e. The lowest BCUT2D eigenvalue weighted by Crippen LogP contribution is -2.41. The van der Waals surface area contributed by atoms with E-state index < -0.39 is 0 Å². The highest BCUT2D eigenvalue weighted by molar-refractivity contribution is 6.31. The average Bonchev–Trinajstić information content (AvgIpc) is 2.66. The van der Waals surface area contributed by atoms with E-state index in [4.69, 9.17) is 11.6 Å². The number of hydrogen-bond acceptors (Lipinski definition) is 2. The number of aryl methyl sites for hydroxylation is 3. The van der Waals surface area contributed by atoms with Gasteiger partial charge in [0.05, 0.1) is 0 Å². The largest absolute Gasteiger partial charge is 0.339 e. The molecule has 0 unspecified atom stereocenters. The lowest BCUT2D eigenvalue weighted by molar-refractivity contribution is -0.121. The van der Waals surface area contributed by atoms with Crippen LogP contribution >= 0.6 is 11.6 Å². The first kappa shape index (κ1) is 19.4. The first-order valence-electron chi connectivity index (χ1n) is 9.28. The fourth-order valence-corrected chi connectivity index (χ4v) is 3.54. The molecule has 0 atom stereocenters. The van der Waals surface area contributed by atoms with Gasteiger partial charge in [0.2, 0.25) is 5.91 Å². The second-order valence-electron chi connectivity index (χ2n) is 7.31. The number of nitrogens with one attached hydrogen (secondary N) is 1. The first-order valence-corrected chi connectivity index (χ1v) is 9.66. The lowest BCUT2D eigenvalue weighted by atomic mass is 9.95. The molecule has 3 rings (SSSR count). The Balaban J connectivity index is 1.59. The van der Waals surface area contributed by atoms with E-state index in [1.165, 1.54) is 5.56 Å². The minimum atomic E-state index is -0.0906. The molecule has 2 aromatic rings. The van der Waals surface area contributed by atoms with E-state index in [-0.39, 0.29) is 17.7 Å². The average molecular weight is 385 g/mol. The number of nitrogens with zero attached hydrogens (tertiary/aromatic N) is 1. The van der Waals surface area contributed by atoms with Gasteiger partial charge >= 0.3 is 0 Å². The zero-order valence-corrected chi connectivity index (χ0v) is 16.8. The molecule has 142 valence electrons. The molecule has 0 radical (unpaired) electrons. The number of rotatable bonds is 3. The summed E-state index contributed by atoms with van der Waals surface area (Å²) in [5, 5.41) is 3.58. The number of halogens is 1. The van der Waals surface area contributed by atoms with Gasteiger partial charge in [0, 0.05) is 35.3 Å². The zero-order valence-electron chi connectivity index (χ0n) is 16.0. The number of anilines is 1. The molecule has 1 fully saturated rings. The van der Waals surface area contributed by atoms with Crippen molar-refractivity contribution in [3.05, 3.63) is 63.7 Å². The Morgan fingerprint density at radius 1 is 0.963 bits per heavy atom. The van der Waals surface area contributed by atoms with E-state index >= 15 is 0 Å². The van der Waals surface area contributed by atoms with Gasteiger partial charge in [-0.25, -0.2) is 0 Å². The number of benzene rings is 2. The number of hydrogen-bond donors (Lipinski definition) is 1. The van der Waals surface area contributed by atoms with Gasteiger partial charge in [-0.1, -0.05) is 23.7 Å². The normalized spacial score (nSPS) is 14.9. The van der Waals surface area contributed by atoms with Crippen molar-refractivity contribution in [1.82, 2.24) is 4.90 Å². The van der Waals surface area contributed by atoms with Crippen LogP contribution in [-0.4, -0.2) is 29.8 Å².